The van der Waals surface area contributed by atoms with Crippen molar-refractivity contribution in [2.24, 2.45) is 5.92 Å². The van der Waals surface area contributed by atoms with Crippen molar-refractivity contribution in [2.75, 3.05) is 39.3 Å². The van der Waals surface area contributed by atoms with Crippen LogP contribution in [0.2, 0.25) is 0 Å². The predicted molar refractivity (Wildman–Crippen MR) is 87.9 cm³/mol. The third kappa shape index (κ3) is 4.57. The van der Waals surface area contributed by atoms with E-state index < -0.39 is 0 Å². The van der Waals surface area contributed by atoms with Gasteiger partial charge in [-0.05, 0) is 18.8 Å². The van der Waals surface area contributed by atoms with E-state index in [-0.39, 0.29) is 12.4 Å². The molecule has 3 aliphatic rings. The van der Waals surface area contributed by atoms with E-state index in [1.165, 1.54) is 32.1 Å². The topological polar surface area (TPSA) is 35.6 Å². The minimum absolute atomic E-state index is 0. The maximum atomic E-state index is 12.3. The third-order valence-electron chi connectivity index (χ3n) is 5.43. The molecular weight excluding hydrogens is 286 g/mol. The van der Waals surface area contributed by atoms with Crippen LogP contribution in [0.4, 0.5) is 0 Å². The van der Waals surface area contributed by atoms with Gasteiger partial charge in [0.25, 0.3) is 0 Å². The molecule has 2 heterocycles. The number of halogens is 1. The number of nitrogens with zero attached hydrogens (tertiary/aromatic N) is 2. The van der Waals surface area contributed by atoms with Crippen molar-refractivity contribution in [3.8, 4) is 0 Å². The van der Waals surface area contributed by atoms with Crippen molar-refractivity contribution in [3.63, 3.8) is 0 Å². The fraction of sp³-hybridized carbons (Fsp3) is 0.938. The van der Waals surface area contributed by atoms with Crippen LogP contribution in [0.25, 0.3) is 0 Å². The second kappa shape index (κ2) is 8.35. The molecule has 0 spiro atoms. The van der Waals surface area contributed by atoms with Crippen LogP contribution in [0.1, 0.15) is 44.9 Å². The molecule has 0 aromatic carbocycles. The first-order valence-electron chi connectivity index (χ1n) is 8.55. The molecule has 3 rings (SSSR count). The molecule has 1 atom stereocenters. The van der Waals surface area contributed by atoms with Gasteiger partial charge in [-0.25, -0.2) is 0 Å². The molecule has 0 bridgehead atoms. The quantitative estimate of drug-likeness (QED) is 0.860. The molecule has 122 valence electrons. The summed E-state index contributed by atoms with van der Waals surface area (Å²) in [6, 6.07) is 0.618. The van der Waals surface area contributed by atoms with E-state index >= 15 is 0 Å². The van der Waals surface area contributed by atoms with E-state index in [0.717, 1.165) is 58.0 Å². The van der Waals surface area contributed by atoms with Crippen LogP contribution in [-0.4, -0.2) is 61.0 Å². The van der Waals surface area contributed by atoms with Crippen molar-refractivity contribution >= 4 is 18.3 Å². The van der Waals surface area contributed by atoms with Gasteiger partial charge in [0.2, 0.25) is 5.91 Å². The SMILES string of the molecule is Cl.O=C(CCC1CCCC1)N1CCC(N2CCNCC2)C1. The Morgan fingerprint density at radius 1 is 1.05 bits per heavy atom. The van der Waals surface area contributed by atoms with Crippen molar-refractivity contribution in [3.05, 3.63) is 0 Å². The highest BCUT2D eigenvalue weighted by atomic mass is 35.5. The van der Waals surface area contributed by atoms with Crippen LogP contribution in [0.15, 0.2) is 0 Å². The van der Waals surface area contributed by atoms with Gasteiger partial charge in [-0.1, -0.05) is 25.7 Å². The zero-order valence-electron chi connectivity index (χ0n) is 13.1. The first-order valence-corrected chi connectivity index (χ1v) is 8.55. The normalized spacial score (nSPS) is 27.8. The van der Waals surface area contributed by atoms with Crippen molar-refractivity contribution in [1.29, 1.82) is 0 Å². The number of hydrogen-bond acceptors (Lipinski definition) is 3. The van der Waals surface area contributed by atoms with Gasteiger partial charge < -0.3 is 10.2 Å². The Kier molecular flexibility index (Phi) is 6.77. The molecule has 3 fully saturated rings. The molecule has 1 saturated carbocycles. The molecule has 2 aliphatic heterocycles. The molecule has 21 heavy (non-hydrogen) atoms. The molecule has 1 N–H and O–H groups in total. The standard InChI is InChI=1S/C16H29N3O.ClH/c20-16(6-5-14-3-1-2-4-14)19-10-7-15(13-19)18-11-8-17-9-12-18;/h14-15,17H,1-13H2;1H. The number of nitrogens with one attached hydrogen (secondary N) is 1. The summed E-state index contributed by atoms with van der Waals surface area (Å²) in [6.45, 7) is 6.46. The van der Waals surface area contributed by atoms with Crippen molar-refractivity contribution in [1.82, 2.24) is 15.1 Å². The van der Waals surface area contributed by atoms with Crippen LogP contribution < -0.4 is 5.32 Å². The van der Waals surface area contributed by atoms with E-state index in [9.17, 15) is 4.79 Å². The molecule has 4 nitrogen and oxygen atoms in total. The maximum absolute atomic E-state index is 12.3. The lowest BCUT2D eigenvalue weighted by atomic mass is 10.0. The summed E-state index contributed by atoms with van der Waals surface area (Å²) in [5.41, 5.74) is 0. The number of likely N-dealkylation sites (tertiary alicyclic amines) is 1. The van der Waals surface area contributed by atoms with Crippen LogP contribution in [0, 0.1) is 5.92 Å². The van der Waals surface area contributed by atoms with E-state index in [2.05, 4.69) is 15.1 Å². The monoisotopic (exact) mass is 315 g/mol. The van der Waals surface area contributed by atoms with Crippen LogP contribution in [0.5, 0.6) is 0 Å². The summed E-state index contributed by atoms with van der Waals surface area (Å²) in [5.74, 6) is 1.25. The average molecular weight is 316 g/mol. The lowest BCUT2D eigenvalue weighted by Crippen LogP contribution is -2.49. The third-order valence-corrected chi connectivity index (χ3v) is 5.43. The molecule has 0 radical (unpaired) electrons. The second-order valence-corrected chi connectivity index (χ2v) is 6.76. The summed E-state index contributed by atoms with van der Waals surface area (Å²) in [5, 5.41) is 3.40. The summed E-state index contributed by atoms with van der Waals surface area (Å²) in [7, 11) is 0. The van der Waals surface area contributed by atoms with Gasteiger partial charge in [-0.15, -0.1) is 12.4 Å². The maximum Gasteiger partial charge on any atom is 0.222 e. The van der Waals surface area contributed by atoms with Gasteiger partial charge in [0, 0.05) is 51.7 Å². The first-order chi connectivity index (χ1) is 9.83. The van der Waals surface area contributed by atoms with Gasteiger partial charge in [0.1, 0.15) is 0 Å². The van der Waals surface area contributed by atoms with Crippen LogP contribution in [0.3, 0.4) is 0 Å². The summed E-state index contributed by atoms with van der Waals surface area (Å²) in [4.78, 5) is 17.0. The lowest BCUT2D eigenvalue weighted by molar-refractivity contribution is -0.130. The Labute approximate surface area is 135 Å². The zero-order chi connectivity index (χ0) is 13.8. The number of rotatable bonds is 4. The summed E-state index contributed by atoms with van der Waals surface area (Å²) in [6.07, 6.45) is 8.58. The van der Waals surface area contributed by atoms with Crippen LogP contribution in [-0.2, 0) is 4.79 Å². The molecular formula is C16H30ClN3O. The fourth-order valence-corrected chi connectivity index (χ4v) is 4.10. The van der Waals surface area contributed by atoms with E-state index in [1.54, 1.807) is 0 Å². The van der Waals surface area contributed by atoms with E-state index in [1.807, 2.05) is 0 Å². The van der Waals surface area contributed by atoms with Gasteiger partial charge in [0.05, 0.1) is 0 Å². The number of carbonyl (C=O) groups is 1. The zero-order valence-corrected chi connectivity index (χ0v) is 13.9. The largest absolute Gasteiger partial charge is 0.341 e. The Hall–Kier alpha value is -0.320. The van der Waals surface area contributed by atoms with Gasteiger partial charge >= 0.3 is 0 Å². The molecule has 1 unspecified atom stereocenters. The average Bonchev–Trinajstić information content (AvgIpc) is 3.17. The molecule has 0 aromatic rings. The summed E-state index contributed by atoms with van der Waals surface area (Å²) < 4.78 is 0. The Morgan fingerprint density at radius 2 is 1.76 bits per heavy atom. The highest BCUT2D eigenvalue weighted by molar-refractivity contribution is 5.85. The van der Waals surface area contributed by atoms with Gasteiger partial charge in [-0.3, -0.25) is 9.69 Å². The first kappa shape index (κ1) is 17.0. The Balaban J connectivity index is 0.00000161. The summed E-state index contributed by atoms with van der Waals surface area (Å²) >= 11 is 0. The molecule has 0 aromatic heterocycles. The van der Waals surface area contributed by atoms with Crippen LogP contribution >= 0.6 is 12.4 Å². The highest BCUT2D eigenvalue weighted by Crippen LogP contribution is 2.29. The fourth-order valence-electron chi connectivity index (χ4n) is 4.10. The van der Waals surface area contributed by atoms with Gasteiger partial charge in [0.15, 0.2) is 0 Å². The number of amides is 1. The smallest absolute Gasteiger partial charge is 0.222 e. The van der Waals surface area contributed by atoms with Crippen molar-refractivity contribution in [2.45, 2.75) is 51.0 Å². The molecule has 1 amide bonds. The predicted octanol–water partition coefficient (Wildman–Crippen LogP) is 1.88. The molecule has 1 aliphatic carbocycles. The Bertz CT molecular complexity index is 327. The van der Waals surface area contributed by atoms with Crippen molar-refractivity contribution < 1.29 is 4.79 Å². The van der Waals surface area contributed by atoms with Gasteiger partial charge in [-0.2, -0.15) is 0 Å². The number of piperazine rings is 1. The minimum atomic E-state index is 0. The lowest BCUT2D eigenvalue weighted by Gasteiger charge is -2.32. The highest BCUT2D eigenvalue weighted by Gasteiger charge is 2.30. The minimum Gasteiger partial charge on any atom is -0.341 e. The Morgan fingerprint density at radius 3 is 2.48 bits per heavy atom. The number of carbonyl (C=O) groups excluding carboxylic acids is 1. The molecule has 5 heteroatoms. The van der Waals surface area contributed by atoms with E-state index in [0.29, 0.717) is 11.9 Å². The number of hydrogen-bond donors (Lipinski definition) is 1. The van der Waals surface area contributed by atoms with E-state index in [4.69, 9.17) is 0 Å². The molecule has 2 saturated heterocycles. The second-order valence-electron chi connectivity index (χ2n) is 6.76.